The largest absolute Gasteiger partial charge is 0.465 e. The van der Waals surface area contributed by atoms with Crippen LogP contribution >= 0.6 is 0 Å². The van der Waals surface area contributed by atoms with E-state index in [1.165, 1.54) is 0 Å². The molecule has 0 radical (unpaired) electrons. The highest BCUT2D eigenvalue weighted by molar-refractivity contribution is 5.64. The van der Waals surface area contributed by atoms with Gasteiger partial charge in [0.2, 0.25) is 0 Å². The predicted octanol–water partition coefficient (Wildman–Crippen LogP) is 0.0997. The fraction of sp³-hybridized carbons (Fsp3) is 0.400. The van der Waals surface area contributed by atoms with Gasteiger partial charge < -0.3 is 15.3 Å². The Labute approximate surface area is 57.2 Å². The average molecular weight is 145 g/mol. The van der Waals surface area contributed by atoms with E-state index < -0.39 is 6.09 Å². The second-order valence-corrected chi connectivity index (χ2v) is 1.70. The number of carbonyl (C=O) groups is 1. The van der Waals surface area contributed by atoms with E-state index in [4.69, 9.17) is 5.11 Å². The van der Waals surface area contributed by atoms with Crippen molar-refractivity contribution in [1.29, 1.82) is 0 Å². The number of nitrogens with one attached hydrogen (secondary N) is 1. The Morgan fingerprint density at radius 2 is 2.70 bits per heavy atom. The van der Waals surface area contributed by atoms with Crippen molar-refractivity contribution in [2.24, 2.45) is 0 Å². The van der Waals surface area contributed by atoms with Crippen LogP contribution in [0.15, 0.2) is 11.8 Å². The Morgan fingerprint density at radius 3 is 3.20 bits per heavy atom. The van der Waals surface area contributed by atoms with Crippen LogP contribution in [0.2, 0.25) is 0 Å². The Hall–Kier alpha value is -1.23. The van der Waals surface area contributed by atoms with E-state index >= 15 is 0 Å². The highest BCUT2D eigenvalue weighted by atomic mass is 17.2. The van der Waals surface area contributed by atoms with Crippen molar-refractivity contribution in [3.8, 4) is 0 Å². The Bertz CT molecular complexity index is 165. The second kappa shape index (κ2) is 3.07. The molecular formula is C5H7NO4. The summed E-state index contributed by atoms with van der Waals surface area (Å²) in [6.45, 7) is 0.548. The zero-order valence-corrected chi connectivity index (χ0v) is 5.16. The molecule has 0 saturated heterocycles. The van der Waals surface area contributed by atoms with Gasteiger partial charge in [0.05, 0.1) is 6.54 Å². The molecule has 1 heterocycles. The average Bonchev–Trinajstić information content (AvgIpc) is 2.34. The first kappa shape index (κ1) is 6.88. The predicted molar refractivity (Wildman–Crippen MR) is 31.1 cm³/mol. The van der Waals surface area contributed by atoms with Crippen LogP contribution in [0.3, 0.4) is 0 Å². The van der Waals surface area contributed by atoms with Gasteiger partial charge in [-0.05, 0) is 6.08 Å². The topological polar surface area (TPSA) is 67.8 Å². The highest BCUT2D eigenvalue weighted by Crippen LogP contribution is 2.03. The molecule has 56 valence electrons. The van der Waals surface area contributed by atoms with Crippen LogP contribution in [0.1, 0.15) is 0 Å². The molecule has 0 spiro atoms. The van der Waals surface area contributed by atoms with Gasteiger partial charge in [-0.1, -0.05) is 0 Å². The maximum absolute atomic E-state index is 9.92. The summed E-state index contributed by atoms with van der Waals surface area (Å²) in [5.41, 5.74) is 0. The van der Waals surface area contributed by atoms with Gasteiger partial charge in [-0.25, -0.2) is 4.79 Å². The van der Waals surface area contributed by atoms with E-state index in [1.54, 1.807) is 6.08 Å². The van der Waals surface area contributed by atoms with Crippen LogP contribution in [0, 0.1) is 0 Å². The summed E-state index contributed by atoms with van der Waals surface area (Å²) >= 11 is 0. The standard InChI is InChI=1S/C5H7NO4/c7-5(8)6-3-4-1-2-9-10-4/h1,6H,2-3H2,(H,7,8). The van der Waals surface area contributed by atoms with Crippen molar-refractivity contribution in [1.82, 2.24) is 5.32 Å². The smallest absolute Gasteiger partial charge is 0.405 e. The van der Waals surface area contributed by atoms with Crippen LogP contribution in [0.25, 0.3) is 0 Å². The maximum Gasteiger partial charge on any atom is 0.405 e. The van der Waals surface area contributed by atoms with Crippen molar-refractivity contribution in [2.45, 2.75) is 0 Å². The van der Waals surface area contributed by atoms with E-state index in [2.05, 4.69) is 15.1 Å². The van der Waals surface area contributed by atoms with Crippen molar-refractivity contribution < 1.29 is 19.7 Å². The first-order valence-corrected chi connectivity index (χ1v) is 2.74. The van der Waals surface area contributed by atoms with Gasteiger partial charge in [-0.15, -0.1) is 0 Å². The fourth-order valence-electron chi connectivity index (χ4n) is 0.535. The quantitative estimate of drug-likeness (QED) is 0.541. The van der Waals surface area contributed by atoms with E-state index in [9.17, 15) is 4.79 Å². The SMILES string of the molecule is O=C(O)NCC1=CCOO1. The van der Waals surface area contributed by atoms with Crippen LogP contribution in [0.5, 0.6) is 0 Å². The van der Waals surface area contributed by atoms with Crippen LogP contribution in [-0.4, -0.2) is 24.4 Å². The van der Waals surface area contributed by atoms with E-state index in [-0.39, 0.29) is 6.54 Å². The molecule has 0 fully saturated rings. The van der Waals surface area contributed by atoms with E-state index in [0.29, 0.717) is 12.4 Å². The van der Waals surface area contributed by atoms with Gasteiger partial charge in [0, 0.05) is 0 Å². The maximum atomic E-state index is 9.92. The molecule has 1 amide bonds. The van der Waals surface area contributed by atoms with Gasteiger partial charge in [-0.2, -0.15) is 4.89 Å². The number of amides is 1. The van der Waals surface area contributed by atoms with Gasteiger partial charge in [-0.3, -0.25) is 0 Å². The number of carboxylic acid groups (broad SMARTS) is 1. The number of hydrogen-bond donors (Lipinski definition) is 2. The van der Waals surface area contributed by atoms with Crippen molar-refractivity contribution in [2.75, 3.05) is 13.2 Å². The Balaban J connectivity index is 2.19. The van der Waals surface area contributed by atoms with Gasteiger partial charge in [0.1, 0.15) is 6.61 Å². The molecule has 0 bridgehead atoms. The molecule has 0 saturated carbocycles. The summed E-state index contributed by atoms with van der Waals surface area (Å²) < 4.78 is 0. The molecule has 5 nitrogen and oxygen atoms in total. The first-order chi connectivity index (χ1) is 4.79. The van der Waals surface area contributed by atoms with Crippen molar-refractivity contribution in [3.05, 3.63) is 11.8 Å². The summed E-state index contributed by atoms with van der Waals surface area (Å²) in [5, 5.41) is 10.3. The minimum absolute atomic E-state index is 0.162. The molecule has 0 atom stereocenters. The molecule has 0 aromatic carbocycles. The molecule has 0 unspecified atom stereocenters. The third-order valence-corrected chi connectivity index (χ3v) is 0.959. The molecular weight excluding hydrogens is 138 g/mol. The highest BCUT2D eigenvalue weighted by Gasteiger charge is 2.06. The molecule has 0 aromatic heterocycles. The molecule has 0 aliphatic carbocycles. The summed E-state index contributed by atoms with van der Waals surface area (Å²) in [4.78, 5) is 18.9. The zero-order valence-electron chi connectivity index (χ0n) is 5.16. The monoisotopic (exact) mass is 145 g/mol. The van der Waals surface area contributed by atoms with Crippen molar-refractivity contribution in [3.63, 3.8) is 0 Å². The third-order valence-electron chi connectivity index (χ3n) is 0.959. The van der Waals surface area contributed by atoms with Crippen LogP contribution in [0.4, 0.5) is 4.79 Å². The minimum atomic E-state index is -1.07. The molecule has 1 aliphatic rings. The minimum Gasteiger partial charge on any atom is -0.465 e. The molecule has 10 heavy (non-hydrogen) atoms. The van der Waals surface area contributed by atoms with Gasteiger partial charge in [0.25, 0.3) is 0 Å². The molecule has 1 aliphatic heterocycles. The molecule has 5 heteroatoms. The molecule has 1 rings (SSSR count). The lowest BCUT2D eigenvalue weighted by Gasteiger charge is -1.99. The Morgan fingerprint density at radius 1 is 1.90 bits per heavy atom. The number of rotatable bonds is 2. The lowest BCUT2D eigenvalue weighted by atomic mass is 10.4. The summed E-state index contributed by atoms with van der Waals surface area (Å²) in [6, 6.07) is 0. The summed E-state index contributed by atoms with van der Waals surface area (Å²) in [5.74, 6) is 0.502. The van der Waals surface area contributed by atoms with Crippen LogP contribution < -0.4 is 5.32 Å². The lowest BCUT2D eigenvalue weighted by Crippen LogP contribution is -2.23. The van der Waals surface area contributed by atoms with E-state index in [0.717, 1.165) is 0 Å². The Kier molecular flexibility index (Phi) is 2.11. The second-order valence-electron chi connectivity index (χ2n) is 1.70. The van der Waals surface area contributed by atoms with Gasteiger partial charge >= 0.3 is 6.09 Å². The van der Waals surface area contributed by atoms with Gasteiger partial charge in [0.15, 0.2) is 5.76 Å². The lowest BCUT2D eigenvalue weighted by molar-refractivity contribution is -0.234. The fourth-order valence-corrected chi connectivity index (χ4v) is 0.535. The molecule has 2 N–H and O–H groups in total. The molecule has 0 aromatic rings. The number of hydrogen-bond acceptors (Lipinski definition) is 3. The van der Waals surface area contributed by atoms with Crippen molar-refractivity contribution >= 4 is 6.09 Å². The first-order valence-electron chi connectivity index (χ1n) is 2.74. The zero-order chi connectivity index (χ0) is 7.40. The summed E-state index contributed by atoms with van der Waals surface area (Å²) in [6.07, 6.45) is 0.590. The third kappa shape index (κ3) is 1.94. The normalized spacial score (nSPS) is 15.8. The van der Waals surface area contributed by atoms with E-state index in [1.807, 2.05) is 0 Å². The summed E-state index contributed by atoms with van der Waals surface area (Å²) in [7, 11) is 0. The van der Waals surface area contributed by atoms with Crippen LogP contribution in [-0.2, 0) is 9.78 Å².